The minimum atomic E-state index is -0.197. The molecule has 0 atom stereocenters. The van der Waals surface area contributed by atoms with Gasteiger partial charge in [0.05, 0.1) is 17.7 Å². The van der Waals surface area contributed by atoms with E-state index in [0.717, 1.165) is 39.4 Å². The highest BCUT2D eigenvalue weighted by Gasteiger charge is 2.33. The predicted molar refractivity (Wildman–Crippen MR) is 264 cm³/mol. The maximum Gasteiger partial charge on any atom is 0.137 e. The molecule has 0 saturated carbocycles. The molecule has 2 aromatic heterocycles. The van der Waals surface area contributed by atoms with E-state index in [1.165, 1.54) is 44.6 Å². The Morgan fingerprint density at radius 1 is 0.468 bits per heavy atom. The van der Waals surface area contributed by atoms with Crippen LogP contribution in [-0.2, 0) is 21.7 Å². The molecule has 5 heteroatoms. The zero-order valence-electron chi connectivity index (χ0n) is 39.6. The lowest BCUT2D eigenvalue weighted by Crippen LogP contribution is -2.31. The quantitative estimate of drug-likeness (QED) is 0.160. The van der Waals surface area contributed by atoms with Crippen LogP contribution in [0.1, 0.15) is 125 Å². The molecule has 0 fully saturated rings. The third-order valence-corrected chi connectivity index (χ3v) is 12.8. The second-order valence-corrected chi connectivity index (χ2v) is 22.1. The van der Waals surface area contributed by atoms with E-state index in [2.05, 4.69) is 239 Å². The van der Waals surface area contributed by atoms with Crippen molar-refractivity contribution >= 4 is 33.2 Å². The average Bonchev–Trinajstić information content (AvgIpc) is 3.81. The Morgan fingerprint density at radius 2 is 1.08 bits per heavy atom. The number of anilines is 2. The molecule has 8 rings (SSSR count). The molecule has 320 valence electrons. The van der Waals surface area contributed by atoms with Gasteiger partial charge in [0, 0.05) is 63.2 Å². The van der Waals surface area contributed by atoms with E-state index in [-0.39, 0.29) is 27.1 Å². The summed E-state index contributed by atoms with van der Waals surface area (Å²) in [6, 6.07) is 44.3. The van der Waals surface area contributed by atoms with Crippen molar-refractivity contribution in [3.05, 3.63) is 167 Å². The first-order chi connectivity index (χ1) is 29.0. The minimum Gasteiger partial charge on any atom is -0.457 e. The maximum absolute atomic E-state index is 6.80. The average molecular weight is 823 g/mol. The number of hydrogen-bond donors (Lipinski definition) is 0. The summed E-state index contributed by atoms with van der Waals surface area (Å²) in [7, 11) is 0. The van der Waals surface area contributed by atoms with Crippen LogP contribution in [0.2, 0.25) is 0 Å². The van der Waals surface area contributed by atoms with Crippen molar-refractivity contribution in [1.82, 2.24) is 9.55 Å². The summed E-state index contributed by atoms with van der Waals surface area (Å²) in [4.78, 5) is 9.87. The van der Waals surface area contributed by atoms with Gasteiger partial charge in [0.2, 0.25) is 0 Å². The Balaban J connectivity index is 1.18. The number of nitrogens with zero attached hydrogens (tertiary/aromatic N) is 4. The van der Waals surface area contributed by atoms with Crippen molar-refractivity contribution in [2.24, 2.45) is 5.41 Å². The molecule has 1 aliphatic heterocycles. The first-order valence-corrected chi connectivity index (χ1v) is 22.3. The van der Waals surface area contributed by atoms with Crippen LogP contribution in [0.15, 0.2) is 139 Å². The first kappa shape index (κ1) is 42.9. The number of ether oxygens (including phenoxy) is 1. The van der Waals surface area contributed by atoms with Crippen molar-refractivity contribution in [3.8, 4) is 17.3 Å². The topological polar surface area (TPSA) is 33.5 Å². The monoisotopic (exact) mass is 823 g/mol. The summed E-state index contributed by atoms with van der Waals surface area (Å²) in [5.41, 5.74) is 12.0. The number of pyridine rings is 1. The lowest BCUT2D eigenvalue weighted by atomic mass is 9.78. The largest absolute Gasteiger partial charge is 0.457 e. The summed E-state index contributed by atoms with van der Waals surface area (Å²) in [6.45, 7) is 32.9. The van der Waals surface area contributed by atoms with Crippen LogP contribution in [0.3, 0.4) is 0 Å². The smallest absolute Gasteiger partial charge is 0.137 e. The Hall–Kier alpha value is -5.81. The molecule has 3 heterocycles. The molecule has 7 aromatic rings. The minimum absolute atomic E-state index is 0.0271. The second-order valence-electron chi connectivity index (χ2n) is 22.1. The van der Waals surface area contributed by atoms with Gasteiger partial charge in [-0.2, -0.15) is 0 Å². The van der Waals surface area contributed by atoms with E-state index in [4.69, 9.17) is 9.72 Å². The molecule has 0 unspecified atom stereocenters. The highest BCUT2D eigenvalue weighted by molar-refractivity contribution is 6.09. The highest BCUT2D eigenvalue weighted by atomic mass is 16.5. The van der Waals surface area contributed by atoms with E-state index in [1.54, 1.807) is 0 Å². The van der Waals surface area contributed by atoms with Gasteiger partial charge in [0.25, 0.3) is 0 Å². The first-order valence-electron chi connectivity index (χ1n) is 22.3. The molecule has 0 radical (unpaired) electrons. The Morgan fingerprint density at radius 3 is 1.71 bits per heavy atom. The number of fused-ring (bicyclic) bond motifs is 3. The van der Waals surface area contributed by atoms with Gasteiger partial charge in [0.1, 0.15) is 17.3 Å². The fourth-order valence-corrected chi connectivity index (χ4v) is 8.68. The van der Waals surface area contributed by atoms with Gasteiger partial charge in [-0.3, -0.25) is 4.57 Å². The number of benzene rings is 5. The molecular formula is C57H66N4O. The zero-order valence-corrected chi connectivity index (χ0v) is 39.6. The van der Waals surface area contributed by atoms with E-state index >= 15 is 0 Å². The van der Waals surface area contributed by atoms with Gasteiger partial charge >= 0.3 is 0 Å². The van der Waals surface area contributed by atoms with E-state index < -0.39 is 0 Å². The van der Waals surface area contributed by atoms with Gasteiger partial charge < -0.3 is 14.5 Å². The predicted octanol–water partition coefficient (Wildman–Crippen LogP) is 15.4. The highest BCUT2D eigenvalue weighted by Crippen LogP contribution is 2.43. The molecule has 0 aliphatic carbocycles. The molecule has 0 spiro atoms. The number of allylic oxidation sites excluding steroid dienone is 1. The van der Waals surface area contributed by atoms with Crippen molar-refractivity contribution < 1.29 is 4.74 Å². The lowest BCUT2D eigenvalue weighted by molar-refractivity contribution is 0.483. The van der Waals surface area contributed by atoms with Gasteiger partial charge in [-0.05, 0) is 98.7 Å². The van der Waals surface area contributed by atoms with Crippen LogP contribution in [0.5, 0.6) is 11.5 Å². The summed E-state index contributed by atoms with van der Waals surface area (Å²) in [6.07, 6.45) is 4.27. The molecule has 0 saturated heterocycles. The van der Waals surface area contributed by atoms with E-state index in [0.29, 0.717) is 6.67 Å². The molecule has 5 aromatic carbocycles. The molecule has 0 amide bonds. The van der Waals surface area contributed by atoms with Crippen molar-refractivity contribution in [2.75, 3.05) is 16.5 Å². The number of hydrogen-bond acceptors (Lipinski definition) is 4. The van der Waals surface area contributed by atoms with Gasteiger partial charge in [-0.1, -0.05) is 152 Å². The zero-order chi connectivity index (χ0) is 44.6. The standard InChI is InChI=1S/C57H66N4O/c1-53(2,3)39-27-28-58-52(33-39)61-49-32-40(57(13,14)38-19-16-15-17-20-38)23-25-47(49)48-26-24-46(35-50(48)61)62-45-22-18-21-43(34-45)59-36-51(56(10,11)12)60(37-59)44-30-41(54(4,5)6)29-42(31-44)55(7,8)9/h15-36H,37H2,1-14H3. The third kappa shape index (κ3) is 8.27. The van der Waals surface area contributed by atoms with Crippen LogP contribution in [-0.4, -0.2) is 16.2 Å². The Kier molecular flexibility index (Phi) is 10.5. The molecule has 0 N–H and O–H groups in total. The van der Waals surface area contributed by atoms with Crippen molar-refractivity contribution in [1.29, 1.82) is 0 Å². The van der Waals surface area contributed by atoms with Crippen molar-refractivity contribution in [2.45, 2.75) is 119 Å². The third-order valence-electron chi connectivity index (χ3n) is 12.8. The van der Waals surface area contributed by atoms with Gasteiger partial charge in [-0.15, -0.1) is 0 Å². The summed E-state index contributed by atoms with van der Waals surface area (Å²) >= 11 is 0. The van der Waals surface area contributed by atoms with Crippen molar-refractivity contribution in [3.63, 3.8) is 0 Å². The fourth-order valence-electron chi connectivity index (χ4n) is 8.68. The van der Waals surface area contributed by atoms with E-state index in [1.807, 2.05) is 6.20 Å². The number of aromatic nitrogens is 2. The number of rotatable bonds is 7. The molecule has 0 bridgehead atoms. The maximum atomic E-state index is 6.80. The molecule has 1 aliphatic rings. The summed E-state index contributed by atoms with van der Waals surface area (Å²) in [5.74, 6) is 2.46. The molecular weight excluding hydrogens is 757 g/mol. The SMILES string of the molecule is CC(C)(C)C1=CN(c2cccc(Oc3ccc4c5ccc(C(C)(C)c6ccccc6)cc5n(-c5cc(C(C)(C)C)ccn5)c4c3)c2)CN1c1cc(C(C)(C)C)cc(C(C)(C)C)c1. The van der Waals surface area contributed by atoms with Crippen LogP contribution >= 0.6 is 0 Å². The fraction of sp³-hybridized carbons (Fsp3) is 0.351. The van der Waals surface area contributed by atoms with E-state index in [9.17, 15) is 0 Å². The van der Waals surface area contributed by atoms with Crippen LogP contribution in [0, 0.1) is 5.41 Å². The second kappa shape index (κ2) is 15.2. The molecule has 5 nitrogen and oxygen atoms in total. The summed E-state index contributed by atoms with van der Waals surface area (Å²) < 4.78 is 9.13. The Labute approximate surface area is 371 Å². The van der Waals surface area contributed by atoms with Gasteiger partial charge in [0.15, 0.2) is 0 Å². The summed E-state index contributed by atoms with van der Waals surface area (Å²) in [5, 5.41) is 2.35. The van der Waals surface area contributed by atoms with Gasteiger partial charge in [-0.25, -0.2) is 4.98 Å². The normalized spacial score (nSPS) is 14.3. The molecule has 62 heavy (non-hydrogen) atoms. The lowest BCUT2D eigenvalue weighted by Gasteiger charge is -2.33. The van der Waals surface area contributed by atoms with Crippen LogP contribution in [0.4, 0.5) is 11.4 Å². The Bertz CT molecular complexity index is 2780. The van der Waals surface area contributed by atoms with Crippen LogP contribution < -0.4 is 14.5 Å². The van der Waals surface area contributed by atoms with Crippen LogP contribution in [0.25, 0.3) is 27.6 Å².